The number of amides is 1. The summed E-state index contributed by atoms with van der Waals surface area (Å²) >= 11 is 0. The lowest BCUT2D eigenvalue weighted by Crippen LogP contribution is -2.32. The summed E-state index contributed by atoms with van der Waals surface area (Å²) in [4.78, 5) is 11.7. The van der Waals surface area contributed by atoms with Crippen molar-refractivity contribution >= 4 is 22.0 Å². The molecule has 0 unspecified atom stereocenters. The molecule has 5 heteroatoms. The van der Waals surface area contributed by atoms with E-state index in [1.165, 1.54) is 6.08 Å². The Kier molecular flexibility index (Phi) is 5.72. The van der Waals surface area contributed by atoms with Gasteiger partial charge >= 0.3 is 0 Å². The van der Waals surface area contributed by atoms with Gasteiger partial charge in [0.2, 0.25) is 10.0 Å². The fourth-order valence-electron chi connectivity index (χ4n) is 1.62. The van der Waals surface area contributed by atoms with Gasteiger partial charge in [-0.1, -0.05) is 50.6 Å². The molecule has 0 aliphatic rings. The molecular formula is C16H23NO3S. The van der Waals surface area contributed by atoms with Crippen LogP contribution in [0, 0.1) is 12.3 Å². The van der Waals surface area contributed by atoms with Crippen LogP contribution in [0.4, 0.5) is 0 Å². The number of aryl methyl sites for hydroxylation is 1. The summed E-state index contributed by atoms with van der Waals surface area (Å²) in [6, 6.07) is 7.60. The molecule has 0 aliphatic heterocycles. The number of carbonyl (C=O) groups excluding carboxylic acids is 1. The number of carbonyl (C=O) groups is 1. The van der Waals surface area contributed by atoms with Crippen molar-refractivity contribution in [2.45, 2.75) is 34.1 Å². The molecule has 4 nitrogen and oxygen atoms in total. The van der Waals surface area contributed by atoms with Crippen LogP contribution >= 0.6 is 0 Å². The third-order valence-electron chi connectivity index (χ3n) is 2.85. The third kappa shape index (κ3) is 7.66. The van der Waals surface area contributed by atoms with Gasteiger partial charge in [0.15, 0.2) is 0 Å². The van der Waals surface area contributed by atoms with Crippen molar-refractivity contribution in [2.75, 3.05) is 5.75 Å². The van der Waals surface area contributed by atoms with Gasteiger partial charge in [-0.3, -0.25) is 4.79 Å². The zero-order valence-electron chi connectivity index (χ0n) is 13.0. The maximum absolute atomic E-state index is 11.8. The maximum Gasteiger partial charge on any atom is 0.257 e. The SMILES string of the molecule is Cc1cccc(/C=C/C(=O)NS(=O)(=O)CCC(C)(C)C)c1. The first-order valence-electron chi connectivity index (χ1n) is 6.87. The van der Waals surface area contributed by atoms with Crippen LogP contribution in [0.15, 0.2) is 30.3 Å². The van der Waals surface area contributed by atoms with Crippen LogP contribution in [0.25, 0.3) is 6.08 Å². The largest absolute Gasteiger partial charge is 0.269 e. The Bertz CT molecular complexity index is 625. The Hall–Kier alpha value is -1.62. The van der Waals surface area contributed by atoms with E-state index in [-0.39, 0.29) is 11.2 Å². The standard InChI is InChI=1S/C16H23NO3S/c1-13-6-5-7-14(12-13)8-9-15(18)17-21(19,20)11-10-16(2,3)4/h5-9,12H,10-11H2,1-4H3,(H,17,18)/b9-8+. The van der Waals surface area contributed by atoms with Crippen molar-refractivity contribution in [1.82, 2.24) is 4.72 Å². The van der Waals surface area contributed by atoms with E-state index in [9.17, 15) is 13.2 Å². The lowest BCUT2D eigenvalue weighted by Gasteiger charge is -2.17. The molecule has 0 saturated heterocycles. The highest BCUT2D eigenvalue weighted by Gasteiger charge is 2.18. The second kappa shape index (κ2) is 6.89. The average Bonchev–Trinajstić information content (AvgIpc) is 2.33. The molecular weight excluding hydrogens is 286 g/mol. The number of nitrogens with one attached hydrogen (secondary N) is 1. The Balaban J connectivity index is 2.60. The van der Waals surface area contributed by atoms with Crippen LogP contribution in [-0.4, -0.2) is 20.1 Å². The summed E-state index contributed by atoms with van der Waals surface area (Å²) < 4.78 is 25.6. The number of benzene rings is 1. The fraction of sp³-hybridized carbons (Fsp3) is 0.438. The maximum atomic E-state index is 11.8. The highest BCUT2D eigenvalue weighted by molar-refractivity contribution is 7.90. The minimum absolute atomic E-state index is 0.0550. The van der Waals surface area contributed by atoms with Crippen molar-refractivity contribution in [3.05, 3.63) is 41.5 Å². The Labute approximate surface area is 127 Å². The van der Waals surface area contributed by atoms with Gasteiger partial charge in [0, 0.05) is 6.08 Å². The van der Waals surface area contributed by atoms with Gasteiger partial charge in [-0.25, -0.2) is 13.1 Å². The number of rotatable bonds is 5. The molecule has 21 heavy (non-hydrogen) atoms. The first-order chi connectivity index (χ1) is 9.57. The molecule has 0 aromatic heterocycles. The van der Waals surface area contributed by atoms with Crippen molar-refractivity contribution in [1.29, 1.82) is 0 Å². The van der Waals surface area contributed by atoms with Crippen molar-refractivity contribution in [3.63, 3.8) is 0 Å². The third-order valence-corrected chi connectivity index (χ3v) is 4.10. The van der Waals surface area contributed by atoms with E-state index in [0.717, 1.165) is 11.1 Å². The van der Waals surface area contributed by atoms with Crippen LogP contribution in [0.5, 0.6) is 0 Å². The molecule has 0 saturated carbocycles. The topological polar surface area (TPSA) is 63.2 Å². The predicted octanol–water partition coefficient (Wildman–Crippen LogP) is 2.89. The van der Waals surface area contributed by atoms with Gasteiger partial charge in [-0.05, 0) is 30.4 Å². The monoisotopic (exact) mass is 309 g/mol. The summed E-state index contributed by atoms with van der Waals surface area (Å²) in [7, 11) is -3.58. The lowest BCUT2D eigenvalue weighted by molar-refractivity contribution is -0.114. The second-order valence-corrected chi connectivity index (χ2v) is 8.19. The minimum Gasteiger partial charge on any atom is -0.269 e. The van der Waals surface area contributed by atoms with E-state index in [1.807, 2.05) is 52.0 Å². The van der Waals surface area contributed by atoms with Crippen molar-refractivity contribution < 1.29 is 13.2 Å². The summed E-state index contributed by atoms with van der Waals surface area (Å²) in [6.07, 6.45) is 3.34. The molecule has 0 spiro atoms. The summed E-state index contributed by atoms with van der Waals surface area (Å²) in [5.74, 6) is -0.675. The van der Waals surface area contributed by atoms with Gasteiger partial charge < -0.3 is 0 Å². The quantitative estimate of drug-likeness (QED) is 0.851. The van der Waals surface area contributed by atoms with E-state index < -0.39 is 15.9 Å². The Morgan fingerprint density at radius 2 is 1.95 bits per heavy atom. The minimum atomic E-state index is -3.58. The van der Waals surface area contributed by atoms with Crippen LogP contribution in [-0.2, 0) is 14.8 Å². The Morgan fingerprint density at radius 3 is 2.52 bits per heavy atom. The Morgan fingerprint density at radius 1 is 1.29 bits per heavy atom. The molecule has 0 bridgehead atoms. The zero-order valence-corrected chi connectivity index (χ0v) is 13.8. The smallest absolute Gasteiger partial charge is 0.257 e. The summed E-state index contributed by atoms with van der Waals surface area (Å²) in [5.41, 5.74) is 1.85. The van der Waals surface area contributed by atoms with Crippen LogP contribution in [0.3, 0.4) is 0 Å². The van der Waals surface area contributed by atoms with Gasteiger partial charge in [-0.15, -0.1) is 0 Å². The number of hydrogen-bond donors (Lipinski definition) is 1. The van der Waals surface area contributed by atoms with Crippen molar-refractivity contribution in [3.8, 4) is 0 Å². The van der Waals surface area contributed by atoms with Crippen LogP contribution < -0.4 is 4.72 Å². The second-order valence-electron chi connectivity index (χ2n) is 6.34. The summed E-state index contributed by atoms with van der Waals surface area (Å²) in [6.45, 7) is 7.83. The lowest BCUT2D eigenvalue weighted by atomic mass is 9.94. The normalized spacial score (nSPS) is 12.6. The van der Waals surface area contributed by atoms with E-state index in [1.54, 1.807) is 6.08 Å². The van der Waals surface area contributed by atoms with Gasteiger partial charge in [-0.2, -0.15) is 0 Å². The summed E-state index contributed by atoms with van der Waals surface area (Å²) in [5, 5.41) is 0. The fourth-order valence-corrected chi connectivity index (χ4v) is 2.98. The van der Waals surface area contributed by atoms with E-state index in [4.69, 9.17) is 0 Å². The molecule has 0 heterocycles. The van der Waals surface area contributed by atoms with E-state index in [0.29, 0.717) is 6.42 Å². The molecule has 116 valence electrons. The predicted molar refractivity (Wildman–Crippen MR) is 86.2 cm³/mol. The molecule has 1 N–H and O–H groups in total. The van der Waals surface area contributed by atoms with Gasteiger partial charge in [0.25, 0.3) is 5.91 Å². The average molecular weight is 309 g/mol. The van der Waals surface area contributed by atoms with Gasteiger partial charge in [0.1, 0.15) is 0 Å². The molecule has 0 atom stereocenters. The van der Waals surface area contributed by atoms with Crippen molar-refractivity contribution in [2.24, 2.45) is 5.41 Å². The number of hydrogen-bond acceptors (Lipinski definition) is 3. The number of sulfonamides is 1. The highest BCUT2D eigenvalue weighted by atomic mass is 32.2. The van der Waals surface area contributed by atoms with E-state index >= 15 is 0 Å². The first kappa shape index (κ1) is 17.4. The first-order valence-corrected chi connectivity index (χ1v) is 8.52. The molecule has 0 fully saturated rings. The van der Waals surface area contributed by atoms with Crippen LogP contribution in [0.2, 0.25) is 0 Å². The molecule has 1 rings (SSSR count). The molecule has 1 aromatic rings. The zero-order chi connectivity index (χ0) is 16.1. The molecule has 1 amide bonds. The van der Waals surface area contributed by atoms with Crippen LogP contribution in [0.1, 0.15) is 38.3 Å². The molecule has 1 aromatic carbocycles. The molecule has 0 radical (unpaired) electrons. The highest BCUT2D eigenvalue weighted by Crippen LogP contribution is 2.18. The van der Waals surface area contributed by atoms with E-state index in [2.05, 4.69) is 4.72 Å². The molecule has 0 aliphatic carbocycles. The van der Waals surface area contributed by atoms with Gasteiger partial charge in [0.05, 0.1) is 5.75 Å².